The predicted octanol–water partition coefficient (Wildman–Crippen LogP) is 3.14. The van der Waals surface area contributed by atoms with E-state index in [0.717, 1.165) is 6.42 Å². The predicted molar refractivity (Wildman–Crippen MR) is 93.2 cm³/mol. The van der Waals surface area contributed by atoms with Gasteiger partial charge in [-0.3, -0.25) is 4.21 Å². The van der Waals surface area contributed by atoms with Crippen molar-refractivity contribution >= 4 is 22.5 Å². The maximum atomic E-state index is 11.9. The fraction of sp³-hybridized carbons (Fsp3) is 0.588. The SMILES string of the molecule is C[C@@H]1CCCC[C@@H]1OCCNC(=O)Nc1cccc([S@](C)=O)c1. The van der Waals surface area contributed by atoms with E-state index in [1.165, 1.54) is 19.3 Å². The zero-order valence-electron chi connectivity index (χ0n) is 13.8. The summed E-state index contributed by atoms with van der Waals surface area (Å²) in [5.41, 5.74) is 0.636. The minimum atomic E-state index is -1.06. The van der Waals surface area contributed by atoms with Gasteiger partial charge in [-0.15, -0.1) is 0 Å². The number of carbonyl (C=O) groups excluding carboxylic acids is 1. The molecule has 0 unspecified atom stereocenters. The zero-order valence-corrected chi connectivity index (χ0v) is 14.7. The maximum Gasteiger partial charge on any atom is 0.319 e. The van der Waals surface area contributed by atoms with E-state index in [-0.39, 0.29) is 6.03 Å². The molecule has 2 rings (SSSR count). The number of rotatable bonds is 6. The van der Waals surface area contributed by atoms with Crippen LogP contribution in [0.4, 0.5) is 10.5 Å². The normalized spacial score (nSPS) is 22.3. The lowest BCUT2D eigenvalue weighted by Gasteiger charge is -2.28. The van der Waals surface area contributed by atoms with E-state index >= 15 is 0 Å². The minimum absolute atomic E-state index is 0.274. The number of urea groups is 1. The first-order valence-corrected chi connectivity index (χ1v) is 9.72. The summed E-state index contributed by atoms with van der Waals surface area (Å²) in [6.07, 6.45) is 6.82. The second kappa shape index (κ2) is 9.03. The van der Waals surface area contributed by atoms with Crippen LogP contribution < -0.4 is 10.6 Å². The van der Waals surface area contributed by atoms with Crippen molar-refractivity contribution in [2.24, 2.45) is 5.92 Å². The molecule has 1 aromatic carbocycles. The van der Waals surface area contributed by atoms with Crippen molar-refractivity contribution in [3.8, 4) is 0 Å². The fourth-order valence-corrected chi connectivity index (χ4v) is 3.40. The summed E-state index contributed by atoms with van der Waals surface area (Å²) < 4.78 is 17.3. The number of carbonyl (C=O) groups is 1. The van der Waals surface area contributed by atoms with Gasteiger partial charge in [0.2, 0.25) is 0 Å². The van der Waals surface area contributed by atoms with Crippen LogP contribution in [0.2, 0.25) is 0 Å². The molecule has 0 radical (unpaired) electrons. The summed E-state index contributed by atoms with van der Waals surface area (Å²) in [6, 6.07) is 6.77. The van der Waals surface area contributed by atoms with Crippen LogP contribution in [0, 0.1) is 5.92 Å². The molecule has 0 heterocycles. The molecule has 1 aliphatic rings. The van der Waals surface area contributed by atoms with Gasteiger partial charge in [0.25, 0.3) is 0 Å². The number of hydrogen-bond donors (Lipinski definition) is 2. The molecule has 1 aromatic rings. The Kier molecular flexibility index (Phi) is 7.05. The van der Waals surface area contributed by atoms with Crippen molar-refractivity contribution in [3.05, 3.63) is 24.3 Å². The highest BCUT2D eigenvalue weighted by molar-refractivity contribution is 7.84. The molecule has 1 aliphatic carbocycles. The Labute approximate surface area is 140 Å². The number of nitrogens with one attached hydrogen (secondary N) is 2. The van der Waals surface area contributed by atoms with Crippen molar-refractivity contribution in [1.29, 1.82) is 0 Å². The minimum Gasteiger partial charge on any atom is -0.376 e. The summed E-state index contributed by atoms with van der Waals surface area (Å²) in [6.45, 7) is 3.24. The molecule has 0 aliphatic heterocycles. The molecule has 0 aromatic heterocycles. The van der Waals surface area contributed by atoms with Crippen LogP contribution in [0.1, 0.15) is 32.6 Å². The lowest BCUT2D eigenvalue weighted by atomic mass is 9.88. The van der Waals surface area contributed by atoms with Crippen LogP contribution in [0.5, 0.6) is 0 Å². The van der Waals surface area contributed by atoms with Crippen molar-refractivity contribution in [2.75, 3.05) is 24.7 Å². The highest BCUT2D eigenvalue weighted by Gasteiger charge is 2.21. The average Bonchev–Trinajstić information content (AvgIpc) is 2.53. The number of anilines is 1. The summed E-state index contributed by atoms with van der Waals surface area (Å²) in [7, 11) is -1.06. The van der Waals surface area contributed by atoms with Gasteiger partial charge in [-0.2, -0.15) is 0 Å². The van der Waals surface area contributed by atoms with Crippen LogP contribution in [-0.4, -0.2) is 35.8 Å². The first kappa shape index (κ1) is 17.9. The molecule has 3 atom stereocenters. The van der Waals surface area contributed by atoms with Crippen molar-refractivity contribution in [1.82, 2.24) is 5.32 Å². The highest BCUT2D eigenvalue weighted by Crippen LogP contribution is 2.25. The molecule has 5 nitrogen and oxygen atoms in total. The van der Waals surface area contributed by atoms with Gasteiger partial charge in [-0.05, 0) is 37.0 Å². The molecular weight excluding hydrogens is 312 g/mol. The number of benzene rings is 1. The van der Waals surface area contributed by atoms with Gasteiger partial charge in [-0.25, -0.2) is 4.79 Å². The van der Waals surface area contributed by atoms with Crippen molar-refractivity contribution in [2.45, 2.75) is 43.6 Å². The highest BCUT2D eigenvalue weighted by atomic mass is 32.2. The van der Waals surface area contributed by atoms with E-state index in [1.54, 1.807) is 30.5 Å². The van der Waals surface area contributed by atoms with Gasteiger partial charge >= 0.3 is 6.03 Å². The van der Waals surface area contributed by atoms with E-state index in [4.69, 9.17) is 4.74 Å². The first-order chi connectivity index (χ1) is 11.1. The lowest BCUT2D eigenvalue weighted by Crippen LogP contribution is -2.34. The van der Waals surface area contributed by atoms with Crippen molar-refractivity contribution in [3.63, 3.8) is 0 Å². The summed E-state index contributed by atoms with van der Waals surface area (Å²) in [5, 5.41) is 5.53. The second-order valence-corrected chi connectivity index (χ2v) is 7.41. The topological polar surface area (TPSA) is 67.4 Å². The number of amides is 2. The van der Waals surface area contributed by atoms with Gasteiger partial charge in [0.1, 0.15) is 0 Å². The van der Waals surface area contributed by atoms with Crippen LogP contribution >= 0.6 is 0 Å². The molecule has 2 N–H and O–H groups in total. The molecule has 1 fully saturated rings. The molecule has 0 spiro atoms. The fourth-order valence-electron chi connectivity index (χ4n) is 2.83. The van der Waals surface area contributed by atoms with Crippen LogP contribution in [0.15, 0.2) is 29.2 Å². The van der Waals surface area contributed by atoms with Crippen molar-refractivity contribution < 1.29 is 13.7 Å². The molecular formula is C17H26N2O3S. The van der Waals surface area contributed by atoms with Gasteiger partial charge in [0, 0.05) is 34.2 Å². The summed E-state index contributed by atoms with van der Waals surface area (Å²) >= 11 is 0. The molecule has 23 heavy (non-hydrogen) atoms. The second-order valence-electron chi connectivity index (χ2n) is 6.03. The number of ether oxygens (including phenoxy) is 1. The van der Waals surface area contributed by atoms with E-state index in [2.05, 4.69) is 17.6 Å². The maximum absolute atomic E-state index is 11.9. The largest absolute Gasteiger partial charge is 0.376 e. The summed E-state index contributed by atoms with van der Waals surface area (Å²) in [5.74, 6) is 0.607. The molecule has 1 saturated carbocycles. The Morgan fingerprint density at radius 1 is 1.35 bits per heavy atom. The Morgan fingerprint density at radius 3 is 2.87 bits per heavy atom. The average molecular weight is 338 g/mol. The zero-order chi connectivity index (χ0) is 16.7. The van der Waals surface area contributed by atoms with E-state index in [9.17, 15) is 9.00 Å². The Balaban J connectivity index is 1.69. The van der Waals surface area contributed by atoms with Gasteiger partial charge < -0.3 is 15.4 Å². The Morgan fingerprint density at radius 2 is 2.13 bits per heavy atom. The third-order valence-electron chi connectivity index (χ3n) is 4.18. The molecule has 128 valence electrons. The Hall–Kier alpha value is -1.40. The number of hydrogen-bond acceptors (Lipinski definition) is 3. The molecule has 0 bridgehead atoms. The summed E-state index contributed by atoms with van der Waals surface area (Å²) in [4.78, 5) is 12.5. The first-order valence-electron chi connectivity index (χ1n) is 8.16. The quantitative estimate of drug-likeness (QED) is 0.783. The van der Waals surface area contributed by atoms with Crippen LogP contribution in [-0.2, 0) is 15.5 Å². The Bertz CT molecular complexity index is 550. The monoisotopic (exact) mass is 338 g/mol. The molecule has 6 heteroatoms. The van der Waals surface area contributed by atoms with Gasteiger partial charge in [0.05, 0.1) is 12.7 Å². The lowest BCUT2D eigenvalue weighted by molar-refractivity contribution is -0.00232. The van der Waals surface area contributed by atoms with Crippen LogP contribution in [0.3, 0.4) is 0 Å². The van der Waals surface area contributed by atoms with Gasteiger partial charge in [0.15, 0.2) is 0 Å². The standard InChI is InChI=1S/C17H26N2O3S/c1-13-6-3-4-9-16(13)22-11-10-18-17(20)19-14-7-5-8-15(12-14)23(2)21/h5,7-8,12-13,16H,3-4,6,9-11H2,1-2H3,(H2,18,19,20)/t13-,16+,23+/m1/s1. The third-order valence-corrected chi connectivity index (χ3v) is 5.09. The van der Waals surface area contributed by atoms with Crippen LogP contribution in [0.25, 0.3) is 0 Å². The van der Waals surface area contributed by atoms with Gasteiger partial charge in [-0.1, -0.05) is 25.8 Å². The van der Waals surface area contributed by atoms with E-state index in [1.807, 2.05) is 0 Å². The third kappa shape index (κ3) is 5.95. The molecule has 2 amide bonds. The van der Waals surface area contributed by atoms with E-state index < -0.39 is 10.8 Å². The molecule has 0 saturated heterocycles. The van der Waals surface area contributed by atoms with E-state index in [0.29, 0.717) is 35.8 Å². The smallest absolute Gasteiger partial charge is 0.319 e.